The third-order valence-electron chi connectivity index (χ3n) is 6.33. The van der Waals surface area contributed by atoms with Gasteiger partial charge in [-0.3, -0.25) is 4.90 Å². The molecule has 2 atom stereocenters. The van der Waals surface area contributed by atoms with E-state index in [1.54, 1.807) is 27.1 Å². The number of imidazole rings is 1. The van der Waals surface area contributed by atoms with Gasteiger partial charge in [0.05, 0.1) is 12.4 Å². The lowest BCUT2D eigenvalue weighted by atomic mass is 10.0. The van der Waals surface area contributed by atoms with Gasteiger partial charge >= 0.3 is 12.1 Å². The van der Waals surface area contributed by atoms with Crippen molar-refractivity contribution in [1.29, 1.82) is 0 Å². The maximum absolute atomic E-state index is 13.8. The highest BCUT2D eigenvalue weighted by Crippen LogP contribution is 2.34. The van der Waals surface area contributed by atoms with Gasteiger partial charge in [-0.1, -0.05) is 72.3 Å². The maximum atomic E-state index is 13.8. The predicted octanol–water partition coefficient (Wildman–Crippen LogP) is 5.36. The molecule has 2 aromatic carbocycles. The van der Waals surface area contributed by atoms with Gasteiger partial charge in [-0.15, -0.1) is 0 Å². The van der Waals surface area contributed by atoms with Crippen LogP contribution < -0.4 is 0 Å². The second-order valence-electron chi connectivity index (χ2n) is 10.2. The summed E-state index contributed by atoms with van der Waals surface area (Å²) < 4.78 is 13.6. The molecule has 0 saturated carbocycles. The van der Waals surface area contributed by atoms with Crippen molar-refractivity contribution in [2.45, 2.75) is 51.0 Å². The second kappa shape index (κ2) is 10.4. The zero-order chi connectivity index (χ0) is 26.9. The molecule has 38 heavy (non-hydrogen) atoms. The fraction of sp³-hybridized carbons (Fsp3) is 0.321. The Bertz CT molecular complexity index is 1400. The van der Waals surface area contributed by atoms with Crippen LogP contribution in [0.4, 0.5) is 4.79 Å². The van der Waals surface area contributed by atoms with Crippen LogP contribution in [0.1, 0.15) is 50.5 Å². The van der Waals surface area contributed by atoms with Crippen molar-refractivity contribution in [3.05, 3.63) is 89.6 Å². The highest BCUT2D eigenvalue weighted by Gasteiger charge is 2.44. The van der Waals surface area contributed by atoms with Crippen molar-refractivity contribution >= 4 is 34.8 Å². The van der Waals surface area contributed by atoms with E-state index in [0.29, 0.717) is 17.6 Å². The molecule has 3 heterocycles. The van der Waals surface area contributed by atoms with Gasteiger partial charge in [0.15, 0.2) is 16.9 Å². The summed E-state index contributed by atoms with van der Waals surface area (Å²) in [4.78, 5) is 41.1. The summed E-state index contributed by atoms with van der Waals surface area (Å²) in [7, 11) is 0. The minimum atomic E-state index is -0.875. The lowest BCUT2D eigenvalue weighted by Crippen LogP contribution is -2.44. The molecule has 1 fully saturated rings. The molecule has 1 saturated heterocycles. The number of esters is 1. The van der Waals surface area contributed by atoms with E-state index in [0.717, 1.165) is 11.1 Å². The van der Waals surface area contributed by atoms with E-state index in [2.05, 4.69) is 15.0 Å². The van der Waals surface area contributed by atoms with Crippen molar-refractivity contribution < 1.29 is 19.1 Å². The first-order chi connectivity index (χ1) is 18.2. The summed E-state index contributed by atoms with van der Waals surface area (Å²) >= 11 is 6.20. The van der Waals surface area contributed by atoms with E-state index >= 15 is 0 Å². The minimum absolute atomic E-state index is 0.211. The van der Waals surface area contributed by atoms with E-state index < -0.39 is 29.8 Å². The summed E-state index contributed by atoms with van der Waals surface area (Å²) in [6, 6.07) is 17.9. The van der Waals surface area contributed by atoms with Crippen LogP contribution in [0.5, 0.6) is 0 Å². The third-order valence-corrected chi connectivity index (χ3v) is 6.60. The Labute approximate surface area is 225 Å². The number of rotatable bonds is 5. The molecule has 4 aromatic rings. The van der Waals surface area contributed by atoms with E-state index in [1.165, 1.54) is 11.2 Å². The van der Waals surface area contributed by atoms with Gasteiger partial charge in [0.25, 0.3) is 0 Å². The number of benzene rings is 2. The van der Waals surface area contributed by atoms with Crippen molar-refractivity contribution in [3.63, 3.8) is 0 Å². The molecule has 1 aliphatic heterocycles. The standard InChI is InChI=1S/C28H28ClN5O4/c1-28(2,3)38-27(36)33-15-20(34-17-32-22-24(29)30-16-31-25(22)34)14-21(33)26(35)37-23(18-10-6-4-7-11-18)19-12-8-5-9-13-19/h4-13,16-17,20-21,23H,14-15H2,1-3H3/t20-,21-/m1/s1. The van der Waals surface area contributed by atoms with Crippen LogP contribution in [0.2, 0.25) is 5.15 Å². The van der Waals surface area contributed by atoms with Crippen molar-refractivity contribution in [2.24, 2.45) is 0 Å². The molecule has 10 heteroatoms. The lowest BCUT2D eigenvalue weighted by Gasteiger charge is -2.28. The van der Waals surface area contributed by atoms with Gasteiger partial charge in [0.1, 0.15) is 23.5 Å². The topological polar surface area (TPSA) is 99.4 Å². The molecule has 1 aliphatic rings. The van der Waals surface area contributed by atoms with Gasteiger partial charge < -0.3 is 14.0 Å². The summed E-state index contributed by atoms with van der Waals surface area (Å²) in [5, 5.41) is 0.236. The van der Waals surface area contributed by atoms with Crippen molar-refractivity contribution in [2.75, 3.05) is 6.54 Å². The molecule has 5 rings (SSSR count). The second-order valence-corrected chi connectivity index (χ2v) is 10.5. The Morgan fingerprint density at radius 2 is 1.61 bits per heavy atom. The zero-order valence-electron chi connectivity index (χ0n) is 21.3. The number of amides is 1. The number of hydrogen-bond donors (Lipinski definition) is 0. The van der Waals surface area contributed by atoms with Gasteiger partial charge in [0, 0.05) is 13.0 Å². The van der Waals surface area contributed by atoms with E-state index in [9.17, 15) is 9.59 Å². The summed E-state index contributed by atoms with van der Waals surface area (Å²) in [5.41, 5.74) is 1.91. The largest absolute Gasteiger partial charge is 0.451 e. The quantitative estimate of drug-likeness (QED) is 0.251. The van der Waals surface area contributed by atoms with Gasteiger partial charge in [-0.25, -0.2) is 24.5 Å². The highest BCUT2D eigenvalue weighted by molar-refractivity contribution is 6.33. The average molecular weight is 534 g/mol. The predicted molar refractivity (Wildman–Crippen MR) is 142 cm³/mol. The molecule has 0 unspecified atom stereocenters. The average Bonchev–Trinajstić information content (AvgIpc) is 3.53. The molecule has 0 N–H and O–H groups in total. The highest BCUT2D eigenvalue weighted by atomic mass is 35.5. The van der Waals surface area contributed by atoms with Crippen LogP contribution in [0.3, 0.4) is 0 Å². The van der Waals surface area contributed by atoms with Gasteiger partial charge in [0.2, 0.25) is 0 Å². The first kappa shape index (κ1) is 25.7. The molecule has 9 nitrogen and oxygen atoms in total. The Morgan fingerprint density at radius 1 is 0.974 bits per heavy atom. The number of ether oxygens (including phenoxy) is 2. The van der Waals surface area contributed by atoms with Crippen LogP contribution in [0, 0.1) is 0 Å². The zero-order valence-corrected chi connectivity index (χ0v) is 22.1. The Kier molecular flexibility index (Phi) is 7.03. The molecule has 0 bridgehead atoms. The van der Waals surface area contributed by atoms with E-state index in [4.69, 9.17) is 21.1 Å². The van der Waals surface area contributed by atoms with Crippen LogP contribution in [0.25, 0.3) is 11.2 Å². The van der Waals surface area contributed by atoms with Crippen molar-refractivity contribution in [3.8, 4) is 0 Å². The summed E-state index contributed by atoms with van der Waals surface area (Å²) in [6.07, 6.45) is 2.04. The Balaban J connectivity index is 1.47. The number of hydrogen-bond acceptors (Lipinski definition) is 7. The van der Waals surface area contributed by atoms with Crippen LogP contribution in [-0.4, -0.2) is 54.7 Å². The number of aromatic nitrogens is 4. The number of nitrogens with zero attached hydrogens (tertiary/aromatic N) is 5. The molecule has 2 aromatic heterocycles. The van der Waals surface area contributed by atoms with E-state index in [1.807, 2.05) is 65.2 Å². The fourth-order valence-corrected chi connectivity index (χ4v) is 4.81. The lowest BCUT2D eigenvalue weighted by molar-refractivity contribution is -0.152. The number of fused-ring (bicyclic) bond motifs is 1. The van der Waals surface area contributed by atoms with Gasteiger partial charge in [-0.05, 0) is 31.9 Å². The molecule has 196 valence electrons. The molecule has 0 radical (unpaired) electrons. The van der Waals surface area contributed by atoms with E-state index in [-0.39, 0.29) is 17.7 Å². The monoisotopic (exact) mass is 533 g/mol. The van der Waals surface area contributed by atoms with Gasteiger partial charge in [-0.2, -0.15) is 0 Å². The number of likely N-dealkylation sites (tertiary alicyclic amines) is 1. The molecule has 1 amide bonds. The Hall–Kier alpha value is -3.98. The Morgan fingerprint density at radius 3 is 2.21 bits per heavy atom. The first-order valence-electron chi connectivity index (χ1n) is 12.3. The number of halogens is 1. The maximum Gasteiger partial charge on any atom is 0.411 e. The molecule has 0 spiro atoms. The van der Waals surface area contributed by atoms with Crippen LogP contribution >= 0.6 is 11.6 Å². The first-order valence-corrected chi connectivity index (χ1v) is 12.7. The molecular weight excluding hydrogens is 506 g/mol. The smallest absolute Gasteiger partial charge is 0.411 e. The van der Waals surface area contributed by atoms with Crippen molar-refractivity contribution in [1.82, 2.24) is 24.4 Å². The number of carbonyl (C=O) groups excluding carboxylic acids is 2. The molecule has 0 aliphatic carbocycles. The summed E-state index contributed by atoms with van der Waals surface area (Å²) in [6.45, 7) is 5.57. The van der Waals surface area contributed by atoms with Crippen LogP contribution in [0.15, 0.2) is 73.3 Å². The summed E-state index contributed by atoms with van der Waals surface area (Å²) in [5.74, 6) is -0.520. The fourth-order valence-electron chi connectivity index (χ4n) is 4.63. The minimum Gasteiger partial charge on any atom is -0.451 e. The third kappa shape index (κ3) is 5.33. The normalized spacial score (nSPS) is 17.7. The SMILES string of the molecule is CC(C)(C)OC(=O)N1C[C@H](n2cnc3c(Cl)ncnc32)C[C@@H]1C(=O)OC(c1ccccc1)c1ccccc1. The van der Waals surface area contributed by atoms with Crippen LogP contribution in [-0.2, 0) is 14.3 Å². The molecular formula is C28H28ClN5O4. The number of carbonyl (C=O) groups is 2.